The Morgan fingerprint density at radius 1 is 1.21 bits per heavy atom. The van der Waals surface area contributed by atoms with Crippen molar-refractivity contribution in [3.05, 3.63) is 64.9 Å². The van der Waals surface area contributed by atoms with Crippen LogP contribution in [0.15, 0.2) is 48.5 Å². The molecule has 1 aliphatic heterocycles. The van der Waals surface area contributed by atoms with Crippen LogP contribution in [0.4, 0.5) is 4.79 Å². The average Bonchev–Trinajstić information content (AvgIpc) is 2.98. The van der Waals surface area contributed by atoms with Gasteiger partial charge in [-0.25, -0.2) is 23.6 Å². The van der Waals surface area contributed by atoms with Crippen LogP contribution in [0.5, 0.6) is 0 Å². The molecule has 0 bridgehead atoms. The molecule has 1 saturated heterocycles. The number of amides is 2. The third-order valence-corrected chi connectivity index (χ3v) is 7.70. The maximum atomic E-state index is 13.8. The minimum absolute atomic E-state index is 0.258. The van der Waals surface area contributed by atoms with E-state index in [0.717, 1.165) is 5.56 Å². The number of cyclic esters (lactones) is 1. The van der Waals surface area contributed by atoms with Crippen LogP contribution in [-0.4, -0.2) is 42.5 Å². The molecule has 1 N–H and O–H groups in total. The van der Waals surface area contributed by atoms with Gasteiger partial charge >= 0.3 is 6.09 Å². The van der Waals surface area contributed by atoms with Gasteiger partial charge in [0.2, 0.25) is 5.91 Å². The maximum Gasteiger partial charge on any atom is 0.417 e. The van der Waals surface area contributed by atoms with Gasteiger partial charge in [0.15, 0.2) is 0 Å². The van der Waals surface area contributed by atoms with Gasteiger partial charge in [-0.15, -0.1) is 0 Å². The van der Waals surface area contributed by atoms with Crippen molar-refractivity contribution >= 4 is 34.6 Å². The van der Waals surface area contributed by atoms with Crippen molar-refractivity contribution < 1.29 is 18.5 Å². The molecule has 0 radical (unpaired) electrons. The van der Waals surface area contributed by atoms with Gasteiger partial charge in [0.05, 0.1) is 39.4 Å². The standard InChI is InChI=1S/C25H32ClN3O4S/c1-16(21(28-34(32)24(2,3)4)18-13-10-14-20(26)27-18)22(30)29-19(25(5,6)33-23(29)31)15-17-11-8-7-9-12-17/h7-14,16,19,21,28H,15H2,1-6H3/t16-,19+,21-,34-/m1/s1. The minimum atomic E-state index is -1.50. The Hall–Kier alpha value is -2.29. The van der Waals surface area contributed by atoms with Crippen LogP contribution in [0.25, 0.3) is 0 Å². The zero-order valence-electron chi connectivity index (χ0n) is 20.4. The third-order valence-electron chi connectivity index (χ3n) is 5.91. The smallest absolute Gasteiger partial charge is 0.417 e. The number of rotatable bonds is 7. The van der Waals surface area contributed by atoms with Crippen LogP contribution >= 0.6 is 11.6 Å². The number of ether oxygens (including phenoxy) is 1. The summed E-state index contributed by atoms with van der Waals surface area (Å²) in [6, 6.07) is 13.5. The molecule has 3 rings (SSSR count). The van der Waals surface area contributed by atoms with Crippen LogP contribution in [0.1, 0.15) is 58.8 Å². The lowest BCUT2D eigenvalue weighted by atomic mass is 9.90. The number of benzene rings is 1. The first-order valence-electron chi connectivity index (χ1n) is 11.2. The molecule has 0 unspecified atom stereocenters. The van der Waals surface area contributed by atoms with Gasteiger partial charge in [0, 0.05) is 0 Å². The summed E-state index contributed by atoms with van der Waals surface area (Å²) in [4.78, 5) is 32.3. The zero-order valence-corrected chi connectivity index (χ0v) is 21.9. The fourth-order valence-corrected chi connectivity index (χ4v) is 4.95. The second kappa shape index (κ2) is 10.1. The Morgan fingerprint density at radius 3 is 2.44 bits per heavy atom. The average molecular weight is 506 g/mol. The number of hydrogen-bond acceptors (Lipinski definition) is 5. The molecule has 2 heterocycles. The molecule has 0 spiro atoms. The SMILES string of the molecule is C[C@@H](C(=O)N1C(=O)OC(C)(C)[C@@H]1Cc1ccccc1)[C@@H](N[S@](=O)C(C)(C)C)c1cccc(Cl)n1. The van der Waals surface area contributed by atoms with Crippen molar-refractivity contribution in [1.29, 1.82) is 0 Å². The lowest BCUT2D eigenvalue weighted by Gasteiger charge is -2.32. The molecule has 184 valence electrons. The zero-order chi connectivity index (χ0) is 25.3. The summed E-state index contributed by atoms with van der Waals surface area (Å²) >= 11 is 6.12. The normalized spacial score (nSPS) is 20.5. The lowest BCUT2D eigenvalue weighted by Crippen LogP contribution is -2.50. The molecular weight excluding hydrogens is 474 g/mol. The monoisotopic (exact) mass is 505 g/mol. The number of aromatic nitrogens is 1. The summed E-state index contributed by atoms with van der Waals surface area (Å²) in [5.41, 5.74) is 0.593. The Kier molecular flexibility index (Phi) is 7.85. The number of pyridine rings is 1. The summed E-state index contributed by atoms with van der Waals surface area (Å²) in [6.45, 7) is 10.8. The molecule has 7 nitrogen and oxygen atoms in total. The van der Waals surface area contributed by atoms with Gasteiger partial charge in [0.1, 0.15) is 10.8 Å². The molecule has 2 amide bonds. The van der Waals surface area contributed by atoms with Crippen molar-refractivity contribution in [3.8, 4) is 0 Å². The first kappa shape index (κ1) is 26.3. The number of imide groups is 1. The van der Waals surface area contributed by atoms with E-state index in [1.54, 1.807) is 39.0 Å². The summed E-state index contributed by atoms with van der Waals surface area (Å²) in [6.07, 6.45) is -0.225. The second-order valence-electron chi connectivity index (χ2n) is 10.0. The first-order chi connectivity index (χ1) is 15.8. The van der Waals surface area contributed by atoms with Crippen molar-refractivity contribution in [2.45, 2.75) is 70.4 Å². The summed E-state index contributed by atoms with van der Waals surface area (Å²) in [5, 5.41) is 0.258. The van der Waals surface area contributed by atoms with E-state index in [2.05, 4.69) is 9.71 Å². The highest BCUT2D eigenvalue weighted by atomic mass is 35.5. The minimum Gasteiger partial charge on any atom is -0.441 e. The van der Waals surface area contributed by atoms with Crippen LogP contribution in [0.2, 0.25) is 5.15 Å². The lowest BCUT2D eigenvalue weighted by molar-refractivity contribution is -0.134. The summed E-state index contributed by atoms with van der Waals surface area (Å²) in [5.74, 6) is -1.21. The van der Waals surface area contributed by atoms with Crippen LogP contribution in [0.3, 0.4) is 0 Å². The summed E-state index contributed by atoms with van der Waals surface area (Å²) in [7, 11) is -1.50. The van der Waals surface area contributed by atoms with Crippen molar-refractivity contribution in [1.82, 2.24) is 14.6 Å². The van der Waals surface area contributed by atoms with Gasteiger partial charge in [-0.3, -0.25) is 4.79 Å². The van der Waals surface area contributed by atoms with E-state index in [9.17, 15) is 13.8 Å². The summed E-state index contributed by atoms with van der Waals surface area (Å²) < 4.78 is 21.1. The Morgan fingerprint density at radius 2 is 1.85 bits per heavy atom. The molecule has 1 aromatic heterocycles. The van der Waals surface area contributed by atoms with Crippen LogP contribution in [-0.2, 0) is 26.9 Å². The topological polar surface area (TPSA) is 88.6 Å². The number of carbonyl (C=O) groups excluding carboxylic acids is 2. The highest BCUT2D eigenvalue weighted by Crippen LogP contribution is 2.35. The predicted molar refractivity (Wildman–Crippen MR) is 134 cm³/mol. The van der Waals surface area contributed by atoms with E-state index in [4.69, 9.17) is 16.3 Å². The highest BCUT2D eigenvalue weighted by molar-refractivity contribution is 7.84. The molecule has 2 aromatic rings. The number of nitrogens with zero attached hydrogens (tertiary/aromatic N) is 2. The molecular formula is C25H32ClN3O4S. The molecule has 1 aromatic carbocycles. The molecule has 0 aliphatic carbocycles. The molecule has 1 fully saturated rings. The van der Waals surface area contributed by atoms with E-state index < -0.39 is 51.3 Å². The number of hydrogen-bond donors (Lipinski definition) is 1. The Bertz CT molecular complexity index is 1070. The highest BCUT2D eigenvalue weighted by Gasteiger charge is 2.52. The van der Waals surface area contributed by atoms with E-state index >= 15 is 0 Å². The van der Waals surface area contributed by atoms with E-state index in [1.165, 1.54) is 4.90 Å². The van der Waals surface area contributed by atoms with E-state index in [-0.39, 0.29) is 5.15 Å². The van der Waals surface area contributed by atoms with Gasteiger partial charge < -0.3 is 4.74 Å². The molecule has 34 heavy (non-hydrogen) atoms. The van der Waals surface area contributed by atoms with Crippen molar-refractivity contribution in [2.75, 3.05) is 0 Å². The van der Waals surface area contributed by atoms with E-state index in [0.29, 0.717) is 12.1 Å². The largest absolute Gasteiger partial charge is 0.441 e. The van der Waals surface area contributed by atoms with Crippen molar-refractivity contribution in [2.24, 2.45) is 5.92 Å². The fraction of sp³-hybridized carbons (Fsp3) is 0.480. The molecule has 1 aliphatic rings. The Balaban J connectivity index is 1.95. The van der Waals surface area contributed by atoms with Gasteiger partial charge in [-0.1, -0.05) is 54.9 Å². The second-order valence-corrected chi connectivity index (χ2v) is 12.4. The molecule has 4 atom stereocenters. The van der Waals surface area contributed by atoms with Gasteiger partial charge in [0.25, 0.3) is 0 Å². The molecule has 0 saturated carbocycles. The van der Waals surface area contributed by atoms with E-state index in [1.807, 2.05) is 51.1 Å². The van der Waals surface area contributed by atoms with Crippen molar-refractivity contribution in [3.63, 3.8) is 0 Å². The Labute approximate surface area is 208 Å². The third kappa shape index (κ3) is 5.85. The van der Waals surface area contributed by atoms with Gasteiger partial charge in [-0.05, 0) is 58.7 Å². The van der Waals surface area contributed by atoms with Crippen LogP contribution < -0.4 is 4.72 Å². The number of halogens is 1. The fourth-order valence-electron chi connectivity index (χ4n) is 3.87. The number of nitrogens with one attached hydrogen (secondary N) is 1. The maximum absolute atomic E-state index is 13.8. The quantitative estimate of drug-likeness (QED) is 0.544. The van der Waals surface area contributed by atoms with Gasteiger partial charge in [-0.2, -0.15) is 0 Å². The number of carbonyl (C=O) groups is 2. The molecule has 9 heteroatoms. The predicted octanol–water partition coefficient (Wildman–Crippen LogP) is 4.83. The first-order valence-corrected chi connectivity index (χ1v) is 12.7. The van der Waals surface area contributed by atoms with Crippen LogP contribution in [0, 0.1) is 5.92 Å².